The molecule has 0 saturated carbocycles. The molecule has 5 rings (SSSR count). The van der Waals surface area contributed by atoms with Gasteiger partial charge in [0.05, 0.1) is 23.6 Å². The van der Waals surface area contributed by atoms with Gasteiger partial charge in [-0.2, -0.15) is 5.10 Å². The topological polar surface area (TPSA) is 77.7 Å². The average molecular weight is 385 g/mol. The summed E-state index contributed by atoms with van der Waals surface area (Å²) in [6.45, 7) is 1.50. The van der Waals surface area contributed by atoms with Crippen LogP contribution in [0.1, 0.15) is 45.9 Å². The van der Waals surface area contributed by atoms with Crippen molar-refractivity contribution in [2.75, 3.05) is 13.1 Å². The van der Waals surface area contributed by atoms with E-state index in [1.807, 2.05) is 35.4 Å². The summed E-state index contributed by atoms with van der Waals surface area (Å²) in [5, 5.41) is 7.52. The van der Waals surface area contributed by atoms with Crippen molar-refractivity contribution in [3.8, 4) is 0 Å². The standard InChI is InChI=1S/C23H23N5O/c29-23(17-8-9-20-21(12-17)25-15-24-20)28-10-4-7-18(14-28)22-19(13-26-27-22)11-16-5-2-1-3-6-16/h1-3,5-6,8-9,12-13,15,18H,4,7,10-11,14H2,(H,24,25)(H,26,27)/t18-/m0/s1. The molecule has 0 bridgehead atoms. The van der Waals surface area contributed by atoms with Crippen molar-refractivity contribution in [2.24, 2.45) is 0 Å². The van der Waals surface area contributed by atoms with Crippen LogP contribution < -0.4 is 0 Å². The van der Waals surface area contributed by atoms with Gasteiger partial charge in [-0.15, -0.1) is 0 Å². The lowest BCUT2D eigenvalue weighted by Gasteiger charge is -2.33. The van der Waals surface area contributed by atoms with Crippen LogP contribution in [0.5, 0.6) is 0 Å². The molecule has 1 aliphatic rings. The highest BCUT2D eigenvalue weighted by atomic mass is 16.2. The summed E-state index contributed by atoms with van der Waals surface area (Å²) in [7, 11) is 0. The Balaban J connectivity index is 1.34. The van der Waals surface area contributed by atoms with Gasteiger partial charge in [0.2, 0.25) is 0 Å². The van der Waals surface area contributed by atoms with Gasteiger partial charge >= 0.3 is 0 Å². The number of benzene rings is 2. The van der Waals surface area contributed by atoms with Crippen LogP contribution in [0.2, 0.25) is 0 Å². The van der Waals surface area contributed by atoms with E-state index in [1.54, 1.807) is 6.33 Å². The van der Waals surface area contributed by atoms with Gasteiger partial charge in [-0.05, 0) is 42.2 Å². The number of fused-ring (bicyclic) bond motifs is 1. The van der Waals surface area contributed by atoms with Crippen LogP contribution >= 0.6 is 0 Å². The Hall–Kier alpha value is -3.41. The van der Waals surface area contributed by atoms with Crippen molar-refractivity contribution >= 4 is 16.9 Å². The third kappa shape index (κ3) is 3.53. The zero-order valence-corrected chi connectivity index (χ0v) is 16.1. The molecule has 6 heteroatoms. The van der Waals surface area contributed by atoms with E-state index in [-0.39, 0.29) is 11.8 Å². The number of nitrogens with one attached hydrogen (secondary N) is 2. The van der Waals surface area contributed by atoms with Gasteiger partial charge in [0.1, 0.15) is 0 Å². The summed E-state index contributed by atoms with van der Waals surface area (Å²) in [6, 6.07) is 16.1. The van der Waals surface area contributed by atoms with E-state index >= 15 is 0 Å². The number of rotatable bonds is 4. The summed E-state index contributed by atoms with van der Waals surface area (Å²) >= 11 is 0. The van der Waals surface area contributed by atoms with E-state index in [1.165, 1.54) is 11.1 Å². The molecule has 0 aliphatic carbocycles. The summed E-state index contributed by atoms with van der Waals surface area (Å²) < 4.78 is 0. The SMILES string of the molecule is O=C(c1ccc2nc[nH]c2c1)N1CCC[C@H](c2[nH]ncc2Cc2ccccc2)C1. The first-order valence-corrected chi connectivity index (χ1v) is 10.1. The first kappa shape index (κ1) is 17.7. The highest BCUT2D eigenvalue weighted by Crippen LogP contribution is 2.30. The molecule has 1 amide bonds. The van der Waals surface area contributed by atoms with Crippen LogP contribution in [0.25, 0.3) is 11.0 Å². The normalized spacial score (nSPS) is 17.0. The third-order valence-corrected chi connectivity index (χ3v) is 5.77. The Bertz CT molecular complexity index is 1130. The molecule has 29 heavy (non-hydrogen) atoms. The van der Waals surface area contributed by atoms with Crippen LogP contribution in [-0.2, 0) is 6.42 Å². The van der Waals surface area contributed by atoms with E-state index < -0.39 is 0 Å². The number of imidazole rings is 1. The zero-order valence-electron chi connectivity index (χ0n) is 16.1. The zero-order chi connectivity index (χ0) is 19.6. The van der Waals surface area contributed by atoms with Crippen molar-refractivity contribution in [3.05, 3.63) is 83.4 Å². The van der Waals surface area contributed by atoms with Gasteiger partial charge in [-0.3, -0.25) is 9.89 Å². The quantitative estimate of drug-likeness (QED) is 0.559. The van der Waals surface area contributed by atoms with Gasteiger partial charge < -0.3 is 9.88 Å². The monoisotopic (exact) mass is 385 g/mol. The van der Waals surface area contributed by atoms with Crippen LogP contribution in [0.4, 0.5) is 0 Å². The number of carbonyl (C=O) groups excluding carboxylic acids is 1. The third-order valence-electron chi connectivity index (χ3n) is 5.77. The molecule has 2 aromatic heterocycles. The fraction of sp³-hybridized carbons (Fsp3) is 0.261. The molecule has 0 unspecified atom stereocenters. The second kappa shape index (κ2) is 7.54. The van der Waals surface area contributed by atoms with E-state index in [4.69, 9.17) is 0 Å². The molecule has 6 nitrogen and oxygen atoms in total. The van der Waals surface area contributed by atoms with Crippen LogP contribution in [0, 0.1) is 0 Å². The number of amides is 1. The van der Waals surface area contributed by atoms with E-state index in [9.17, 15) is 4.79 Å². The molecule has 1 atom stereocenters. The molecule has 1 aliphatic heterocycles. The Labute approximate surface area is 169 Å². The molecule has 3 heterocycles. The second-order valence-electron chi connectivity index (χ2n) is 7.70. The summed E-state index contributed by atoms with van der Waals surface area (Å²) in [5.41, 5.74) is 6.12. The molecular weight excluding hydrogens is 362 g/mol. The van der Waals surface area contributed by atoms with Gasteiger partial charge in [-0.1, -0.05) is 30.3 Å². The Morgan fingerprint density at radius 2 is 2.07 bits per heavy atom. The summed E-state index contributed by atoms with van der Waals surface area (Å²) in [6.07, 6.45) is 6.49. The number of aromatic amines is 2. The van der Waals surface area contributed by atoms with Gasteiger partial charge in [-0.25, -0.2) is 4.98 Å². The first-order chi connectivity index (χ1) is 14.3. The fourth-order valence-corrected chi connectivity index (χ4v) is 4.28. The van der Waals surface area contributed by atoms with Gasteiger partial charge in [0, 0.05) is 36.7 Å². The number of piperidine rings is 1. The molecule has 1 saturated heterocycles. The summed E-state index contributed by atoms with van der Waals surface area (Å²) in [5.74, 6) is 0.361. The molecule has 2 aromatic carbocycles. The lowest BCUT2D eigenvalue weighted by molar-refractivity contribution is 0.0705. The highest BCUT2D eigenvalue weighted by molar-refractivity contribution is 5.97. The van der Waals surface area contributed by atoms with Gasteiger partial charge in [0.15, 0.2) is 0 Å². The lowest BCUT2D eigenvalue weighted by Crippen LogP contribution is -2.39. The molecule has 0 spiro atoms. The highest BCUT2D eigenvalue weighted by Gasteiger charge is 2.28. The van der Waals surface area contributed by atoms with Crippen molar-refractivity contribution in [2.45, 2.75) is 25.2 Å². The number of likely N-dealkylation sites (tertiary alicyclic amines) is 1. The Morgan fingerprint density at radius 3 is 2.97 bits per heavy atom. The molecule has 2 N–H and O–H groups in total. The van der Waals surface area contributed by atoms with Gasteiger partial charge in [0.25, 0.3) is 5.91 Å². The number of nitrogens with zero attached hydrogens (tertiary/aromatic N) is 3. The van der Waals surface area contributed by atoms with Crippen molar-refractivity contribution in [1.82, 2.24) is 25.1 Å². The maximum Gasteiger partial charge on any atom is 0.253 e. The maximum absolute atomic E-state index is 13.1. The number of carbonyl (C=O) groups is 1. The number of hydrogen-bond donors (Lipinski definition) is 2. The molecule has 0 radical (unpaired) electrons. The minimum Gasteiger partial charge on any atom is -0.345 e. The van der Waals surface area contributed by atoms with Crippen LogP contribution in [-0.4, -0.2) is 44.1 Å². The molecule has 1 fully saturated rings. The number of hydrogen-bond acceptors (Lipinski definition) is 3. The number of aromatic nitrogens is 4. The van der Waals surface area contributed by atoms with Crippen LogP contribution in [0.15, 0.2) is 61.1 Å². The Morgan fingerprint density at radius 1 is 1.17 bits per heavy atom. The van der Waals surface area contributed by atoms with E-state index in [2.05, 4.69) is 44.4 Å². The maximum atomic E-state index is 13.1. The number of H-pyrrole nitrogens is 2. The first-order valence-electron chi connectivity index (χ1n) is 10.1. The minimum absolute atomic E-state index is 0.0790. The fourth-order valence-electron chi connectivity index (χ4n) is 4.28. The van der Waals surface area contributed by atoms with Crippen molar-refractivity contribution in [1.29, 1.82) is 0 Å². The smallest absolute Gasteiger partial charge is 0.253 e. The predicted octanol–water partition coefficient (Wildman–Crippen LogP) is 3.90. The minimum atomic E-state index is 0.0790. The van der Waals surface area contributed by atoms with E-state index in [0.717, 1.165) is 42.5 Å². The molecular formula is C23H23N5O. The Kier molecular flexibility index (Phi) is 4.60. The summed E-state index contributed by atoms with van der Waals surface area (Å²) in [4.78, 5) is 22.4. The average Bonchev–Trinajstić information content (AvgIpc) is 3.43. The lowest BCUT2D eigenvalue weighted by atomic mass is 9.90. The van der Waals surface area contributed by atoms with Crippen LogP contribution in [0.3, 0.4) is 0 Å². The van der Waals surface area contributed by atoms with Crippen molar-refractivity contribution in [3.63, 3.8) is 0 Å². The predicted molar refractivity (Wildman–Crippen MR) is 112 cm³/mol. The van der Waals surface area contributed by atoms with Crippen molar-refractivity contribution < 1.29 is 4.79 Å². The van der Waals surface area contributed by atoms with E-state index in [0.29, 0.717) is 12.1 Å². The molecule has 4 aromatic rings. The molecule has 146 valence electrons. The second-order valence-corrected chi connectivity index (χ2v) is 7.70. The largest absolute Gasteiger partial charge is 0.345 e.